The van der Waals surface area contributed by atoms with E-state index in [1.807, 2.05) is 52.8 Å². The molecular formula is C21H30BrN5O3. The number of benzene rings is 1. The molecule has 0 saturated heterocycles. The van der Waals surface area contributed by atoms with Crippen LogP contribution in [0.1, 0.15) is 33.3 Å². The fraction of sp³-hybridized carbons (Fsp3) is 0.476. The normalized spacial score (nSPS) is 11.2. The van der Waals surface area contributed by atoms with Crippen LogP contribution >= 0.6 is 15.9 Å². The molecule has 1 aromatic heterocycles. The second-order valence-electron chi connectivity index (χ2n) is 8.30. The predicted molar refractivity (Wildman–Crippen MR) is 125 cm³/mol. The van der Waals surface area contributed by atoms with Gasteiger partial charge in [-0.1, -0.05) is 33.8 Å². The molecule has 0 bridgehead atoms. The van der Waals surface area contributed by atoms with Gasteiger partial charge >= 0.3 is 5.69 Å². The van der Waals surface area contributed by atoms with E-state index in [1.54, 1.807) is 4.90 Å². The molecule has 0 saturated carbocycles. The number of nitrogens with zero attached hydrogens (tertiary/aromatic N) is 2. The number of carbonyl (C=O) groups excluding carboxylic acids is 1. The van der Waals surface area contributed by atoms with Gasteiger partial charge in [-0.3, -0.25) is 19.1 Å². The molecule has 0 aliphatic rings. The van der Waals surface area contributed by atoms with E-state index in [9.17, 15) is 14.4 Å². The van der Waals surface area contributed by atoms with Gasteiger partial charge in [0.1, 0.15) is 11.5 Å². The Labute approximate surface area is 184 Å². The summed E-state index contributed by atoms with van der Waals surface area (Å²) in [6.45, 7) is 10.5. The first-order valence-corrected chi connectivity index (χ1v) is 10.7. The zero-order chi connectivity index (χ0) is 22.6. The lowest BCUT2D eigenvalue weighted by atomic mass is 10.2. The molecule has 2 rings (SSSR count). The Bertz CT molecular complexity index is 1030. The van der Waals surface area contributed by atoms with Crippen molar-refractivity contribution in [1.82, 2.24) is 9.55 Å². The number of hydrogen-bond acceptors (Lipinski definition) is 5. The Kier molecular flexibility index (Phi) is 7.89. The van der Waals surface area contributed by atoms with Gasteiger partial charge in [-0.05, 0) is 52.4 Å². The molecular weight excluding hydrogens is 450 g/mol. The van der Waals surface area contributed by atoms with Crippen LogP contribution in [0.4, 0.5) is 17.2 Å². The van der Waals surface area contributed by atoms with E-state index >= 15 is 0 Å². The van der Waals surface area contributed by atoms with Crippen molar-refractivity contribution < 1.29 is 4.79 Å². The fourth-order valence-electron chi connectivity index (χ4n) is 3.19. The van der Waals surface area contributed by atoms with Crippen molar-refractivity contribution in [3.63, 3.8) is 0 Å². The number of halogens is 1. The molecule has 0 unspecified atom stereocenters. The quantitative estimate of drug-likeness (QED) is 0.538. The van der Waals surface area contributed by atoms with Crippen molar-refractivity contribution in [2.75, 3.05) is 29.0 Å². The highest BCUT2D eigenvalue weighted by Crippen LogP contribution is 2.24. The summed E-state index contributed by atoms with van der Waals surface area (Å²) in [6.07, 6.45) is 0. The van der Waals surface area contributed by atoms with Gasteiger partial charge in [-0.2, -0.15) is 0 Å². The van der Waals surface area contributed by atoms with Gasteiger partial charge in [0.2, 0.25) is 5.91 Å². The number of nitrogen functional groups attached to an aromatic ring is 1. The topological polar surface area (TPSA) is 113 Å². The van der Waals surface area contributed by atoms with Crippen LogP contribution in [0.15, 0.2) is 32.3 Å². The Morgan fingerprint density at radius 3 is 2.47 bits per heavy atom. The van der Waals surface area contributed by atoms with Gasteiger partial charge < -0.3 is 16.0 Å². The number of carbonyl (C=O) groups is 1. The van der Waals surface area contributed by atoms with E-state index in [1.165, 1.54) is 4.57 Å². The van der Waals surface area contributed by atoms with E-state index in [2.05, 4.69) is 26.2 Å². The standard InChI is InChI=1S/C21H30BrN5O3/c1-12(2)9-26(11-17(28)24-16-7-6-14(5)8-15(16)22)18-19(23)27(10-13(3)4)21(30)25-20(18)29/h6-8,12-13H,9-11,23H2,1-5H3,(H,24,28)(H,25,29,30). The number of H-pyrrole nitrogens is 1. The first-order valence-electron chi connectivity index (χ1n) is 9.93. The van der Waals surface area contributed by atoms with Crippen LogP contribution in [0.5, 0.6) is 0 Å². The number of anilines is 3. The maximum atomic E-state index is 12.8. The molecule has 0 radical (unpaired) electrons. The molecule has 1 amide bonds. The lowest BCUT2D eigenvalue weighted by Gasteiger charge is -2.27. The summed E-state index contributed by atoms with van der Waals surface area (Å²) in [6, 6.07) is 5.62. The zero-order valence-corrected chi connectivity index (χ0v) is 19.7. The summed E-state index contributed by atoms with van der Waals surface area (Å²) in [7, 11) is 0. The second-order valence-corrected chi connectivity index (χ2v) is 9.16. The minimum absolute atomic E-state index is 0.0717. The molecule has 8 nitrogen and oxygen atoms in total. The lowest BCUT2D eigenvalue weighted by molar-refractivity contribution is -0.115. The second kappa shape index (κ2) is 9.97. The minimum Gasteiger partial charge on any atom is -0.383 e. The number of aromatic amines is 1. The monoisotopic (exact) mass is 479 g/mol. The van der Waals surface area contributed by atoms with Gasteiger partial charge in [0.15, 0.2) is 0 Å². The summed E-state index contributed by atoms with van der Waals surface area (Å²) < 4.78 is 2.12. The molecule has 0 fully saturated rings. The minimum atomic E-state index is -0.595. The Balaban J connectivity index is 2.39. The lowest BCUT2D eigenvalue weighted by Crippen LogP contribution is -2.43. The molecule has 0 aliphatic heterocycles. The zero-order valence-electron chi connectivity index (χ0n) is 18.1. The number of rotatable bonds is 8. The maximum Gasteiger partial charge on any atom is 0.330 e. The van der Waals surface area contributed by atoms with Crippen LogP contribution in [0.3, 0.4) is 0 Å². The molecule has 4 N–H and O–H groups in total. The third kappa shape index (κ3) is 5.98. The molecule has 30 heavy (non-hydrogen) atoms. The van der Waals surface area contributed by atoms with Crippen molar-refractivity contribution in [2.45, 2.75) is 41.2 Å². The Hall–Kier alpha value is -2.55. The van der Waals surface area contributed by atoms with Crippen molar-refractivity contribution >= 4 is 39.0 Å². The highest BCUT2D eigenvalue weighted by Gasteiger charge is 2.22. The first-order chi connectivity index (χ1) is 14.0. The molecule has 0 spiro atoms. The summed E-state index contributed by atoms with van der Waals surface area (Å²) in [5.74, 6) is 0.0979. The van der Waals surface area contributed by atoms with Crippen molar-refractivity contribution in [2.24, 2.45) is 11.8 Å². The molecule has 1 aromatic carbocycles. The smallest absolute Gasteiger partial charge is 0.330 e. The maximum absolute atomic E-state index is 12.8. The third-order valence-electron chi connectivity index (χ3n) is 4.40. The SMILES string of the molecule is Cc1ccc(NC(=O)CN(CC(C)C)c2c(N)n(CC(C)C)c(=O)[nH]c2=O)c(Br)c1. The first kappa shape index (κ1) is 23.7. The average molecular weight is 480 g/mol. The Morgan fingerprint density at radius 2 is 1.90 bits per heavy atom. The van der Waals surface area contributed by atoms with Crippen LogP contribution in [0.2, 0.25) is 0 Å². The summed E-state index contributed by atoms with van der Waals surface area (Å²) >= 11 is 3.45. The van der Waals surface area contributed by atoms with Crippen molar-refractivity contribution in [3.8, 4) is 0 Å². The molecule has 1 heterocycles. The largest absolute Gasteiger partial charge is 0.383 e. The molecule has 164 valence electrons. The molecule has 9 heteroatoms. The molecule has 2 aromatic rings. The van der Waals surface area contributed by atoms with E-state index in [4.69, 9.17) is 5.73 Å². The van der Waals surface area contributed by atoms with Gasteiger partial charge in [0.05, 0.1) is 12.2 Å². The average Bonchev–Trinajstić information content (AvgIpc) is 2.60. The Morgan fingerprint density at radius 1 is 1.23 bits per heavy atom. The molecule has 0 atom stereocenters. The van der Waals surface area contributed by atoms with Crippen molar-refractivity contribution in [3.05, 3.63) is 49.1 Å². The van der Waals surface area contributed by atoms with Gasteiger partial charge in [-0.25, -0.2) is 4.79 Å². The summed E-state index contributed by atoms with van der Waals surface area (Å²) in [5.41, 5.74) is 6.94. The fourth-order valence-corrected chi connectivity index (χ4v) is 3.78. The van der Waals surface area contributed by atoms with Crippen LogP contribution in [-0.4, -0.2) is 28.5 Å². The number of aryl methyl sites for hydroxylation is 1. The summed E-state index contributed by atoms with van der Waals surface area (Å²) in [5, 5.41) is 2.86. The highest BCUT2D eigenvalue weighted by molar-refractivity contribution is 9.10. The number of aromatic nitrogens is 2. The number of nitrogens with one attached hydrogen (secondary N) is 2. The summed E-state index contributed by atoms with van der Waals surface area (Å²) in [4.78, 5) is 41.6. The molecule has 0 aliphatic carbocycles. The highest BCUT2D eigenvalue weighted by atomic mass is 79.9. The van der Waals surface area contributed by atoms with Crippen LogP contribution in [0, 0.1) is 18.8 Å². The van der Waals surface area contributed by atoms with Gasteiger partial charge in [-0.15, -0.1) is 0 Å². The van der Waals surface area contributed by atoms with Crippen LogP contribution in [0.25, 0.3) is 0 Å². The van der Waals surface area contributed by atoms with E-state index in [0.717, 1.165) is 10.0 Å². The van der Waals surface area contributed by atoms with Gasteiger partial charge in [0, 0.05) is 17.6 Å². The van der Waals surface area contributed by atoms with Crippen LogP contribution < -0.4 is 27.2 Å². The van der Waals surface area contributed by atoms with E-state index < -0.39 is 11.2 Å². The number of nitrogens with two attached hydrogens (primary N) is 1. The van der Waals surface area contributed by atoms with Crippen LogP contribution in [-0.2, 0) is 11.3 Å². The van der Waals surface area contributed by atoms with E-state index in [-0.39, 0.29) is 35.8 Å². The number of amides is 1. The predicted octanol–water partition coefficient (Wildman–Crippen LogP) is 2.95. The third-order valence-corrected chi connectivity index (χ3v) is 5.05. The number of hydrogen-bond donors (Lipinski definition) is 3. The van der Waals surface area contributed by atoms with Gasteiger partial charge in [0.25, 0.3) is 5.56 Å². The van der Waals surface area contributed by atoms with Crippen molar-refractivity contribution in [1.29, 1.82) is 0 Å². The van der Waals surface area contributed by atoms with E-state index in [0.29, 0.717) is 18.8 Å².